The molecule has 4 aliphatic rings. The lowest BCUT2D eigenvalue weighted by Gasteiger charge is -2.50. The van der Waals surface area contributed by atoms with Crippen molar-refractivity contribution in [1.29, 1.82) is 0 Å². The van der Waals surface area contributed by atoms with Gasteiger partial charge < -0.3 is 5.32 Å². The standard InChI is InChI=1S/C18H25N7O2/c1-18(9-24-12-2-3-13(5-4-12)25(24)10-18)8-19-15(26)6-14-7-16(27)21-17-22-20-11-23(14)17/h7,11-13H,2-6,8-10H2,1H3,(H,19,26)(H,21,22,27). The van der Waals surface area contributed by atoms with Crippen molar-refractivity contribution in [2.75, 3.05) is 19.6 Å². The van der Waals surface area contributed by atoms with Gasteiger partial charge in [0.05, 0.1) is 6.42 Å². The van der Waals surface area contributed by atoms with Crippen molar-refractivity contribution < 1.29 is 4.79 Å². The number of aromatic amines is 1. The minimum absolute atomic E-state index is 0.0564. The van der Waals surface area contributed by atoms with E-state index in [1.807, 2.05) is 0 Å². The third-order valence-electron chi connectivity index (χ3n) is 6.37. The van der Waals surface area contributed by atoms with Gasteiger partial charge in [-0.1, -0.05) is 6.92 Å². The minimum atomic E-state index is -0.277. The van der Waals surface area contributed by atoms with Gasteiger partial charge in [-0.15, -0.1) is 10.2 Å². The van der Waals surface area contributed by atoms with Crippen LogP contribution in [-0.4, -0.2) is 67.2 Å². The maximum Gasteiger partial charge on any atom is 0.252 e. The zero-order valence-electron chi connectivity index (χ0n) is 15.5. The van der Waals surface area contributed by atoms with Crippen molar-refractivity contribution in [3.63, 3.8) is 0 Å². The Bertz CT molecular complexity index is 907. The second-order valence-corrected chi connectivity index (χ2v) is 8.57. The molecule has 2 aromatic rings. The fourth-order valence-corrected chi connectivity index (χ4v) is 5.03. The van der Waals surface area contributed by atoms with Crippen LogP contribution in [0.3, 0.4) is 0 Å². The first-order chi connectivity index (χ1) is 13.0. The molecule has 9 heteroatoms. The Labute approximate surface area is 156 Å². The maximum absolute atomic E-state index is 12.5. The molecule has 27 heavy (non-hydrogen) atoms. The summed E-state index contributed by atoms with van der Waals surface area (Å²) < 4.78 is 1.64. The van der Waals surface area contributed by atoms with Gasteiger partial charge in [0.25, 0.3) is 5.56 Å². The highest BCUT2D eigenvalue weighted by Gasteiger charge is 2.49. The molecule has 2 bridgehead atoms. The smallest absolute Gasteiger partial charge is 0.252 e. The lowest BCUT2D eigenvalue weighted by Crippen LogP contribution is -2.57. The van der Waals surface area contributed by atoms with Crippen molar-refractivity contribution in [1.82, 2.24) is 34.9 Å². The van der Waals surface area contributed by atoms with Crippen molar-refractivity contribution in [2.45, 2.75) is 51.1 Å². The molecule has 5 heterocycles. The Morgan fingerprint density at radius 2 is 1.93 bits per heavy atom. The molecule has 0 radical (unpaired) electrons. The summed E-state index contributed by atoms with van der Waals surface area (Å²) in [6, 6.07) is 2.80. The molecular weight excluding hydrogens is 346 g/mol. The molecule has 9 nitrogen and oxygen atoms in total. The molecule has 0 unspecified atom stereocenters. The van der Waals surface area contributed by atoms with Crippen LogP contribution >= 0.6 is 0 Å². The van der Waals surface area contributed by atoms with E-state index in [1.54, 1.807) is 4.40 Å². The van der Waals surface area contributed by atoms with Crippen molar-refractivity contribution >= 4 is 11.7 Å². The molecule has 0 spiro atoms. The van der Waals surface area contributed by atoms with E-state index < -0.39 is 0 Å². The van der Waals surface area contributed by atoms with E-state index in [1.165, 1.54) is 38.1 Å². The van der Waals surface area contributed by atoms with Gasteiger partial charge in [-0.3, -0.25) is 19.0 Å². The van der Waals surface area contributed by atoms with E-state index in [-0.39, 0.29) is 23.3 Å². The largest absolute Gasteiger partial charge is 0.355 e. The first-order valence-electron chi connectivity index (χ1n) is 9.73. The summed E-state index contributed by atoms with van der Waals surface area (Å²) in [6.45, 7) is 4.92. The number of hydrogen-bond donors (Lipinski definition) is 2. The molecule has 0 aromatic carbocycles. The van der Waals surface area contributed by atoms with E-state index in [0.29, 0.717) is 30.1 Å². The summed E-state index contributed by atoms with van der Waals surface area (Å²) in [5.41, 5.74) is 0.370. The van der Waals surface area contributed by atoms with Crippen LogP contribution in [0.2, 0.25) is 0 Å². The van der Waals surface area contributed by atoms with Crippen LogP contribution in [-0.2, 0) is 11.2 Å². The summed E-state index contributed by atoms with van der Waals surface area (Å²) in [7, 11) is 0. The SMILES string of the molecule is CC1(CNC(=O)Cc2cc(=O)[nH]c3nncn23)CN2C3CCC(CC3)N2C1. The third-order valence-corrected chi connectivity index (χ3v) is 6.37. The molecule has 6 rings (SSSR count). The molecule has 144 valence electrons. The number of hydrazine groups is 1. The molecule has 4 fully saturated rings. The highest BCUT2D eigenvalue weighted by atomic mass is 16.1. The highest BCUT2D eigenvalue weighted by molar-refractivity contribution is 5.78. The molecule has 1 aliphatic carbocycles. The summed E-state index contributed by atoms with van der Waals surface area (Å²) in [6.07, 6.45) is 6.87. The Morgan fingerprint density at radius 1 is 1.26 bits per heavy atom. The Kier molecular flexibility index (Phi) is 3.83. The quantitative estimate of drug-likeness (QED) is 0.781. The summed E-state index contributed by atoms with van der Waals surface area (Å²) in [5.74, 6) is 0.271. The van der Waals surface area contributed by atoms with Crippen LogP contribution in [0, 0.1) is 5.41 Å². The highest BCUT2D eigenvalue weighted by Crippen LogP contribution is 2.42. The maximum atomic E-state index is 12.5. The van der Waals surface area contributed by atoms with Crippen molar-refractivity contribution in [3.05, 3.63) is 28.4 Å². The van der Waals surface area contributed by atoms with E-state index in [4.69, 9.17) is 0 Å². The third kappa shape index (κ3) is 2.94. The van der Waals surface area contributed by atoms with E-state index >= 15 is 0 Å². The van der Waals surface area contributed by atoms with Gasteiger partial charge in [0.15, 0.2) is 0 Å². The van der Waals surface area contributed by atoms with Crippen LogP contribution in [0.5, 0.6) is 0 Å². The second kappa shape index (κ2) is 6.13. The zero-order chi connectivity index (χ0) is 18.6. The summed E-state index contributed by atoms with van der Waals surface area (Å²) >= 11 is 0. The first kappa shape index (κ1) is 16.9. The number of carbonyl (C=O) groups excluding carboxylic acids is 1. The van der Waals surface area contributed by atoms with Gasteiger partial charge in [-0.05, 0) is 25.7 Å². The number of rotatable bonds is 4. The Balaban J connectivity index is 1.24. The molecule has 3 saturated heterocycles. The average Bonchev–Trinajstić information content (AvgIpc) is 3.26. The summed E-state index contributed by atoms with van der Waals surface area (Å²) in [4.78, 5) is 26.9. The van der Waals surface area contributed by atoms with Gasteiger partial charge in [-0.25, -0.2) is 10.0 Å². The van der Waals surface area contributed by atoms with Crippen LogP contribution in [0.25, 0.3) is 5.78 Å². The van der Waals surface area contributed by atoms with Crippen LogP contribution in [0.15, 0.2) is 17.2 Å². The lowest BCUT2D eigenvalue weighted by molar-refractivity contribution is -0.123. The van der Waals surface area contributed by atoms with E-state index in [2.05, 4.69) is 37.4 Å². The normalized spacial score (nSPS) is 30.7. The Hall–Kier alpha value is -2.26. The van der Waals surface area contributed by atoms with Gasteiger partial charge in [0.1, 0.15) is 6.33 Å². The molecule has 1 saturated carbocycles. The topological polar surface area (TPSA) is 98.6 Å². The molecule has 3 aliphatic heterocycles. The average molecular weight is 371 g/mol. The number of aromatic nitrogens is 4. The van der Waals surface area contributed by atoms with Gasteiger partial charge >= 0.3 is 0 Å². The number of nitrogens with one attached hydrogen (secondary N) is 2. The fraction of sp³-hybridized carbons (Fsp3) is 0.667. The number of fused-ring (bicyclic) bond motifs is 3. The Morgan fingerprint density at radius 3 is 2.59 bits per heavy atom. The number of hydrogen-bond acceptors (Lipinski definition) is 6. The van der Waals surface area contributed by atoms with Gasteiger partial charge in [-0.2, -0.15) is 0 Å². The number of carbonyl (C=O) groups is 1. The first-order valence-corrected chi connectivity index (χ1v) is 9.73. The van der Waals surface area contributed by atoms with Crippen molar-refractivity contribution in [3.8, 4) is 0 Å². The number of H-pyrrole nitrogens is 1. The summed E-state index contributed by atoms with van der Waals surface area (Å²) in [5, 5.41) is 15.8. The van der Waals surface area contributed by atoms with Crippen LogP contribution < -0.4 is 10.9 Å². The molecule has 1 amide bonds. The van der Waals surface area contributed by atoms with E-state index in [0.717, 1.165) is 13.1 Å². The molecule has 0 atom stereocenters. The van der Waals surface area contributed by atoms with Crippen molar-refractivity contribution in [2.24, 2.45) is 5.41 Å². The number of nitrogens with zero attached hydrogens (tertiary/aromatic N) is 5. The molecule has 2 aromatic heterocycles. The van der Waals surface area contributed by atoms with Gasteiger partial charge in [0, 0.05) is 48.9 Å². The second-order valence-electron chi connectivity index (χ2n) is 8.57. The number of amides is 1. The van der Waals surface area contributed by atoms with Crippen LogP contribution in [0.1, 0.15) is 38.3 Å². The minimum Gasteiger partial charge on any atom is -0.355 e. The molecule has 2 N–H and O–H groups in total. The zero-order valence-corrected chi connectivity index (χ0v) is 15.5. The predicted molar refractivity (Wildman–Crippen MR) is 97.9 cm³/mol. The van der Waals surface area contributed by atoms with Crippen LogP contribution in [0.4, 0.5) is 0 Å². The molecular formula is C18H25N7O2. The fourth-order valence-electron chi connectivity index (χ4n) is 5.03. The lowest BCUT2D eigenvalue weighted by atomic mass is 9.88. The van der Waals surface area contributed by atoms with E-state index in [9.17, 15) is 9.59 Å². The monoisotopic (exact) mass is 371 g/mol. The predicted octanol–water partition coefficient (Wildman–Crippen LogP) is -0.0600. The van der Waals surface area contributed by atoms with Gasteiger partial charge in [0.2, 0.25) is 11.7 Å².